The molecule has 0 bridgehead atoms. The lowest BCUT2D eigenvalue weighted by molar-refractivity contribution is 0.477. The van der Waals surface area contributed by atoms with Crippen LogP contribution in [0, 0.1) is 0 Å². The molecule has 3 aromatic rings. The third kappa shape index (κ3) is 1.74. The van der Waals surface area contributed by atoms with Crippen LogP contribution in [0.4, 0.5) is 11.4 Å². The van der Waals surface area contributed by atoms with Gasteiger partial charge in [0.25, 0.3) is 0 Å². The first-order valence-corrected chi connectivity index (χ1v) is 6.20. The Morgan fingerprint density at radius 3 is 2.50 bits per heavy atom. The van der Waals surface area contributed by atoms with Crippen LogP contribution in [-0.2, 0) is 0 Å². The third-order valence-corrected chi connectivity index (χ3v) is 3.73. The zero-order chi connectivity index (χ0) is 12.7. The Hall–Kier alpha value is -2.27. The summed E-state index contributed by atoms with van der Waals surface area (Å²) < 4.78 is 1.04. The molecule has 1 heterocycles. The lowest BCUT2D eigenvalue weighted by Gasteiger charge is -2.01. The monoisotopic (exact) mass is 257 g/mol. The highest BCUT2D eigenvalue weighted by Crippen LogP contribution is 2.36. The molecular weight excluding hydrogens is 246 g/mol. The van der Waals surface area contributed by atoms with Gasteiger partial charge < -0.3 is 16.6 Å². The molecule has 0 radical (unpaired) electrons. The highest BCUT2D eigenvalue weighted by atomic mass is 32.1. The molecular formula is C13H11N3OS. The van der Waals surface area contributed by atoms with E-state index in [-0.39, 0.29) is 5.75 Å². The highest BCUT2D eigenvalue weighted by Gasteiger charge is 2.10. The van der Waals surface area contributed by atoms with Crippen LogP contribution < -0.4 is 11.5 Å². The Bertz CT molecular complexity index is 736. The van der Waals surface area contributed by atoms with Crippen molar-refractivity contribution in [2.45, 2.75) is 0 Å². The van der Waals surface area contributed by atoms with Gasteiger partial charge in [-0.25, -0.2) is 4.98 Å². The molecule has 5 N–H and O–H groups in total. The van der Waals surface area contributed by atoms with Crippen molar-refractivity contribution < 1.29 is 5.11 Å². The number of hydrogen-bond donors (Lipinski definition) is 3. The molecule has 3 rings (SSSR count). The standard InChI is InChI=1S/C13H11N3OS/c14-7-2-4-12-10(5-7)16-13(18-12)9-3-1-8(15)6-11(9)17/h1-6,17H,14-15H2. The summed E-state index contributed by atoms with van der Waals surface area (Å²) in [6.07, 6.45) is 0. The zero-order valence-electron chi connectivity index (χ0n) is 9.42. The maximum absolute atomic E-state index is 9.89. The van der Waals surface area contributed by atoms with Crippen molar-refractivity contribution in [3.63, 3.8) is 0 Å². The van der Waals surface area contributed by atoms with E-state index in [9.17, 15) is 5.11 Å². The van der Waals surface area contributed by atoms with Crippen LogP contribution in [-0.4, -0.2) is 10.1 Å². The number of rotatable bonds is 1. The first-order valence-electron chi connectivity index (χ1n) is 5.38. The second kappa shape index (κ2) is 3.89. The Kier molecular flexibility index (Phi) is 2.34. The molecule has 0 aliphatic heterocycles. The van der Waals surface area contributed by atoms with E-state index < -0.39 is 0 Å². The van der Waals surface area contributed by atoms with Gasteiger partial charge in [0, 0.05) is 17.4 Å². The number of phenolic OH excluding ortho intramolecular Hbond substituents is 1. The number of nitrogen functional groups attached to an aromatic ring is 2. The number of hydrogen-bond acceptors (Lipinski definition) is 5. The van der Waals surface area contributed by atoms with Gasteiger partial charge in [0.05, 0.1) is 15.8 Å². The summed E-state index contributed by atoms with van der Waals surface area (Å²) in [5.41, 5.74) is 14.1. The molecule has 18 heavy (non-hydrogen) atoms. The molecule has 0 saturated carbocycles. The molecule has 0 unspecified atom stereocenters. The summed E-state index contributed by atoms with van der Waals surface area (Å²) in [4.78, 5) is 4.47. The fourth-order valence-corrected chi connectivity index (χ4v) is 2.77. The van der Waals surface area contributed by atoms with Gasteiger partial charge in [-0.15, -0.1) is 11.3 Å². The van der Waals surface area contributed by atoms with Crippen LogP contribution in [0.5, 0.6) is 5.75 Å². The number of nitrogens with zero attached hydrogens (tertiary/aromatic N) is 1. The first-order chi connectivity index (χ1) is 8.63. The maximum Gasteiger partial charge on any atom is 0.128 e. The highest BCUT2D eigenvalue weighted by molar-refractivity contribution is 7.21. The smallest absolute Gasteiger partial charge is 0.128 e. The largest absolute Gasteiger partial charge is 0.507 e. The number of thiazole rings is 1. The third-order valence-electron chi connectivity index (χ3n) is 2.66. The average Bonchev–Trinajstić information content (AvgIpc) is 2.71. The minimum Gasteiger partial charge on any atom is -0.507 e. The lowest BCUT2D eigenvalue weighted by Crippen LogP contribution is -1.85. The Labute approximate surface area is 108 Å². The second-order valence-electron chi connectivity index (χ2n) is 4.02. The number of aromatic nitrogens is 1. The average molecular weight is 257 g/mol. The van der Waals surface area contributed by atoms with Gasteiger partial charge >= 0.3 is 0 Å². The van der Waals surface area contributed by atoms with Crippen LogP contribution in [0.2, 0.25) is 0 Å². The van der Waals surface area contributed by atoms with Crippen LogP contribution in [0.15, 0.2) is 36.4 Å². The summed E-state index contributed by atoms with van der Waals surface area (Å²) >= 11 is 1.51. The van der Waals surface area contributed by atoms with E-state index in [1.807, 2.05) is 18.2 Å². The van der Waals surface area contributed by atoms with E-state index in [0.29, 0.717) is 16.9 Å². The molecule has 5 heteroatoms. The van der Waals surface area contributed by atoms with Crippen LogP contribution >= 0.6 is 11.3 Å². The predicted octanol–water partition coefficient (Wildman–Crippen LogP) is 2.83. The van der Waals surface area contributed by atoms with Gasteiger partial charge in [-0.2, -0.15) is 0 Å². The van der Waals surface area contributed by atoms with Gasteiger partial charge in [0.1, 0.15) is 10.8 Å². The molecule has 1 aromatic heterocycles. The van der Waals surface area contributed by atoms with Crippen LogP contribution in [0.25, 0.3) is 20.8 Å². The van der Waals surface area contributed by atoms with E-state index >= 15 is 0 Å². The zero-order valence-corrected chi connectivity index (χ0v) is 10.2. The molecule has 90 valence electrons. The quantitative estimate of drug-likeness (QED) is 0.585. The van der Waals surface area contributed by atoms with Crippen molar-refractivity contribution >= 4 is 32.9 Å². The van der Waals surface area contributed by atoms with E-state index in [0.717, 1.165) is 15.2 Å². The first kappa shape index (κ1) is 10.9. The topological polar surface area (TPSA) is 85.2 Å². The molecule has 0 atom stereocenters. The molecule has 0 saturated heterocycles. The number of anilines is 2. The molecule has 0 fully saturated rings. The van der Waals surface area contributed by atoms with Gasteiger partial charge in [-0.3, -0.25) is 0 Å². The van der Waals surface area contributed by atoms with E-state index in [1.165, 1.54) is 17.4 Å². The molecule has 2 aromatic carbocycles. The second-order valence-corrected chi connectivity index (χ2v) is 5.05. The fourth-order valence-electron chi connectivity index (χ4n) is 1.79. The maximum atomic E-state index is 9.89. The van der Waals surface area contributed by atoms with Crippen molar-refractivity contribution in [3.05, 3.63) is 36.4 Å². The van der Waals surface area contributed by atoms with Gasteiger partial charge in [0.2, 0.25) is 0 Å². The summed E-state index contributed by atoms with van der Waals surface area (Å²) in [6, 6.07) is 10.6. The number of phenols is 1. The summed E-state index contributed by atoms with van der Waals surface area (Å²) in [7, 11) is 0. The molecule has 4 nitrogen and oxygen atoms in total. The van der Waals surface area contributed by atoms with Crippen molar-refractivity contribution in [2.24, 2.45) is 0 Å². The SMILES string of the molecule is Nc1ccc(-c2nc3cc(N)ccc3s2)c(O)c1. The number of aromatic hydroxyl groups is 1. The molecule has 0 amide bonds. The number of nitrogens with two attached hydrogens (primary N) is 2. The lowest BCUT2D eigenvalue weighted by atomic mass is 10.2. The number of fused-ring (bicyclic) bond motifs is 1. The summed E-state index contributed by atoms with van der Waals surface area (Å²) in [5, 5.41) is 10.6. The van der Waals surface area contributed by atoms with Crippen molar-refractivity contribution in [1.29, 1.82) is 0 Å². The van der Waals surface area contributed by atoms with E-state index in [4.69, 9.17) is 11.5 Å². The van der Waals surface area contributed by atoms with Crippen LogP contribution in [0.1, 0.15) is 0 Å². The normalized spacial score (nSPS) is 10.9. The van der Waals surface area contributed by atoms with Crippen molar-refractivity contribution in [1.82, 2.24) is 4.98 Å². The van der Waals surface area contributed by atoms with Crippen LogP contribution in [0.3, 0.4) is 0 Å². The molecule has 0 aliphatic carbocycles. The van der Waals surface area contributed by atoms with Gasteiger partial charge in [0.15, 0.2) is 0 Å². The Balaban J connectivity index is 2.19. The predicted molar refractivity (Wildman–Crippen MR) is 75.5 cm³/mol. The number of benzene rings is 2. The van der Waals surface area contributed by atoms with Gasteiger partial charge in [-0.05, 0) is 30.3 Å². The Morgan fingerprint density at radius 1 is 1.00 bits per heavy atom. The van der Waals surface area contributed by atoms with Crippen molar-refractivity contribution in [2.75, 3.05) is 11.5 Å². The Morgan fingerprint density at radius 2 is 1.72 bits per heavy atom. The summed E-state index contributed by atoms with van der Waals surface area (Å²) in [6.45, 7) is 0. The van der Waals surface area contributed by atoms with Crippen molar-refractivity contribution in [3.8, 4) is 16.3 Å². The minimum absolute atomic E-state index is 0.141. The minimum atomic E-state index is 0.141. The van der Waals surface area contributed by atoms with E-state index in [2.05, 4.69) is 4.98 Å². The van der Waals surface area contributed by atoms with E-state index in [1.54, 1.807) is 12.1 Å². The fraction of sp³-hybridized carbons (Fsp3) is 0. The summed E-state index contributed by atoms with van der Waals surface area (Å²) in [5.74, 6) is 0.141. The molecule has 0 spiro atoms. The molecule has 0 aliphatic rings. The van der Waals surface area contributed by atoms with Gasteiger partial charge in [-0.1, -0.05) is 0 Å².